The molecule has 0 fully saturated rings. The quantitative estimate of drug-likeness (QED) is 0.428. The molecule has 32 heavy (non-hydrogen) atoms. The first-order valence-electron chi connectivity index (χ1n) is 10.1. The maximum Gasteiger partial charge on any atom is 0.262 e. The highest BCUT2D eigenvalue weighted by Gasteiger charge is 2.11. The molecule has 0 atom stereocenters. The van der Waals surface area contributed by atoms with Gasteiger partial charge in [-0.05, 0) is 71.8 Å². The maximum absolute atomic E-state index is 13.2. The average molecular weight is 426 g/mol. The van der Waals surface area contributed by atoms with Crippen LogP contribution in [-0.2, 0) is 4.79 Å². The summed E-state index contributed by atoms with van der Waals surface area (Å²) in [6.07, 6.45) is 0. The Morgan fingerprint density at radius 3 is 2.44 bits per heavy atom. The summed E-state index contributed by atoms with van der Waals surface area (Å²) in [4.78, 5) is 13.9. The predicted molar refractivity (Wildman–Crippen MR) is 122 cm³/mol. The van der Waals surface area contributed by atoms with E-state index in [1.54, 1.807) is 18.2 Å². The van der Waals surface area contributed by atoms with E-state index in [1.165, 1.54) is 16.9 Å². The zero-order chi connectivity index (χ0) is 22.1. The van der Waals surface area contributed by atoms with Crippen LogP contribution in [-0.4, -0.2) is 27.5 Å². The molecule has 0 aliphatic carbocycles. The first-order valence-corrected chi connectivity index (χ1v) is 10.1. The van der Waals surface area contributed by atoms with E-state index in [-0.39, 0.29) is 18.3 Å². The van der Waals surface area contributed by atoms with Crippen LogP contribution in [0.4, 0.5) is 10.1 Å². The Morgan fingerprint density at radius 2 is 1.66 bits per heavy atom. The number of benzene rings is 4. The van der Waals surface area contributed by atoms with Crippen molar-refractivity contribution in [3.05, 3.63) is 90.2 Å². The summed E-state index contributed by atoms with van der Waals surface area (Å²) in [5.74, 6) is 0.0389. The topological polar surface area (TPSA) is 69.0 Å². The Bertz CT molecular complexity index is 1440. The number of nitrogens with zero attached hydrogens (tertiary/aromatic N) is 3. The second kappa shape index (κ2) is 8.11. The van der Waals surface area contributed by atoms with E-state index in [0.717, 1.165) is 16.3 Å². The van der Waals surface area contributed by atoms with Gasteiger partial charge in [0.15, 0.2) is 6.61 Å². The minimum atomic E-state index is -0.322. The molecule has 0 saturated heterocycles. The number of aromatic nitrogens is 3. The Balaban J connectivity index is 1.30. The van der Waals surface area contributed by atoms with Crippen molar-refractivity contribution in [2.24, 2.45) is 0 Å². The van der Waals surface area contributed by atoms with Crippen LogP contribution in [0.25, 0.3) is 27.5 Å². The summed E-state index contributed by atoms with van der Waals surface area (Å²) >= 11 is 0. The number of aryl methyl sites for hydroxylation is 1. The predicted octanol–water partition coefficient (Wildman–Crippen LogP) is 5.04. The van der Waals surface area contributed by atoms with Crippen LogP contribution in [0.3, 0.4) is 0 Å². The summed E-state index contributed by atoms with van der Waals surface area (Å²) in [5.41, 5.74) is 3.43. The lowest BCUT2D eigenvalue weighted by Crippen LogP contribution is -2.20. The maximum atomic E-state index is 13.2. The summed E-state index contributed by atoms with van der Waals surface area (Å²) < 4.78 is 18.8. The van der Waals surface area contributed by atoms with Gasteiger partial charge >= 0.3 is 0 Å². The minimum Gasteiger partial charge on any atom is -0.484 e. The molecule has 5 aromatic rings. The number of halogens is 1. The van der Waals surface area contributed by atoms with E-state index in [1.807, 2.05) is 55.5 Å². The monoisotopic (exact) mass is 426 g/mol. The van der Waals surface area contributed by atoms with Crippen LogP contribution >= 0.6 is 0 Å². The third kappa shape index (κ3) is 4.00. The summed E-state index contributed by atoms with van der Waals surface area (Å²) in [6, 6.07) is 23.2. The number of fused-ring (bicyclic) bond motifs is 2. The number of carbonyl (C=O) groups excluding carboxylic acids is 1. The summed E-state index contributed by atoms with van der Waals surface area (Å²) in [7, 11) is 0. The summed E-state index contributed by atoms with van der Waals surface area (Å²) in [6.45, 7) is 1.77. The number of hydrogen-bond donors (Lipinski definition) is 1. The van der Waals surface area contributed by atoms with Gasteiger partial charge in [0.2, 0.25) is 0 Å². The van der Waals surface area contributed by atoms with Crippen molar-refractivity contribution >= 4 is 33.4 Å². The molecule has 0 saturated carbocycles. The molecule has 0 radical (unpaired) electrons. The van der Waals surface area contributed by atoms with Crippen molar-refractivity contribution in [3.8, 4) is 11.4 Å². The number of nitrogens with one attached hydrogen (secondary N) is 1. The molecule has 7 heteroatoms. The summed E-state index contributed by atoms with van der Waals surface area (Å²) in [5, 5.41) is 13.9. The van der Waals surface area contributed by atoms with Crippen molar-refractivity contribution < 1.29 is 13.9 Å². The van der Waals surface area contributed by atoms with E-state index < -0.39 is 0 Å². The zero-order valence-electron chi connectivity index (χ0n) is 17.2. The molecule has 1 aromatic heterocycles. The molecule has 0 bridgehead atoms. The molecule has 0 aliphatic heterocycles. The van der Waals surface area contributed by atoms with Crippen molar-refractivity contribution in [2.75, 3.05) is 11.9 Å². The molecule has 6 nitrogen and oxygen atoms in total. The van der Waals surface area contributed by atoms with Crippen LogP contribution in [0.15, 0.2) is 78.9 Å². The standard InChI is InChI=1S/C25H19FN4O2/c1-16-12-23-24(29-30(28-23)20-9-7-19(26)8-10-20)14-22(16)27-25(31)15-32-21-11-6-17-4-2-3-5-18(17)13-21/h2-14H,15H2,1H3,(H,27,31). The first-order chi connectivity index (χ1) is 15.5. The Kier molecular flexibility index (Phi) is 4.99. The SMILES string of the molecule is Cc1cc2nn(-c3ccc(F)cc3)nc2cc1NC(=O)COc1ccc2ccccc2c1. The van der Waals surface area contributed by atoms with E-state index in [2.05, 4.69) is 15.5 Å². The number of rotatable bonds is 5. The Hall–Kier alpha value is -4.26. The average Bonchev–Trinajstić information content (AvgIpc) is 3.21. The van der Waals surface area contributed by atoms with Gasteiger partial charge in [0.25, 0.3) is 5.91 Å². The minimum absolute atomic E-state index is 0.113. The fourth-order valence-corrected chi connectivity index (χ4v) is 3.48. The van der Waals surface area contributed by atoms with Gasteiger partial charge in [0.1, 0.15) is 22.6 Å². The van der Waals surface area contributed by atoms with Gasteiger partial charge in [0, 0.05) is 5.69 Å². The number of carbonyl (C=O) groups is 1. The molecule has 0 unspecified atom stereocenters. The molecule has 4 aromatic carbocycles. The highest BCUT2D eigenvalue weighted by Crippen LogP contribution is 2.23. The van der Waals surface area contributed by atoms with Gasteiger partial charge in [-0.3, -0.25) is 4.79 Å². The van der Waals surface area contributed by atoms with E-state index in [0.29, 0.717) is 28.2 Å². The Morgan fingerprint density at radius 1 is 0.938 bits per heavy atom. The number of hydrogen-bond acceptors (Lipinski definition) is 4. The lowest BCUT2D eigenvalue weighted by Gasteiger charge is -2.10. The van der Waals surface area contributed by atoms with E-state index in [4.69, 9.17) is 4.74 Å². The Labute approximate surface area is 183 Å². The number of anilines is 1. The van der Waals surface area contributed by atoms with E-state index in [9.17, 15) is 9.18 Å². The first kappa shape index (κ1) is 19.7. The highest BCUT2D eigenvalue weighted by molar-refractivity contribution is 5.95. The molecular formula is C25H19FN4O2. The zero-order valence-corrected chi connectivity index (χ0v) is 17.2. The molecule has 0 spiro atoms. The van der Waals surface area contributed by atoms with Crippen LogP contribution in [0, 0.1) is 12.7 Å². The fourth-order valence-electron chi connectivity index (χ4n) is 3.48. The van der Waals surface area contributed by atoms with Crippen LogP contribution in [0.1, 0.15) is 5.56 Å². The molecule has 0 aliphatic rings. The lowest BCUT2D eigenvalue weighted by atomic mass is 10.1. The molecule has 5 rings (SSSR count). The van der Waals surface area contributed by atoms with Crippen LogP contribution < -0.4 is 10.1 Å². The van der Waals surface area contributed by atoms with Gasteiger partial charge in [-0.1, -0.05) is 30.3 Å². The molecule has 1 N–H and O–H groups in total. The molecule has 1 amide bonds. The normalized spacial score (nSPS) is 11.1. The second-order valence-electron chi connectivity index (χ2n) is 7.47. The molecule has 158 valence electrons. The van der Waals surface area contributed by atoms with Gasteiger partial charge in [-0.15, -0.1) is 10.2 Å². The van der Waals surface area contributed by atoms with Gasteiger partial charge in [0.05, 0.1) is 5.69 Å². The third-order valence-corrected chi connectivity index (χ3v) is 5.15. The van der Waals surface area contributed by atoms with Crippen LogP contribution in [0.2, 0.25) is 0 Å². The largest absolute Gasteiger partial charge is 0.484 e. The van der Waals surface area contributed by atoms with Gasteiger partial charge in [-0.25, -0.2) is 4.39 Å². The smallest absolute Gasteiger partial charge is 0.262 e. The molecule has 1 heterocycles. The van der Waals surface area contributed by atoms with Crippen molar-refractivity contribution in [1.82, 2.24) is 15.0 Å². The van der Waals surface area contributed by atoms with Crippen molar-refractivity contribution in [2.45, 2.75) is 6.92 Å². The fraction of sp³-hybridized carbons (Fsp3) is 0.0800. The van der Waals surface area contributed by atoms with E-state index >= 15 is 0 Å². The number of ether oxygens (including phenoxy) is 1. The van der Waals surface area contributed by atoms with Gasteiger partial charge < -0.3 is 10.1 Å². The van der Waals surface area contributed by atoms with Crippen molar-refractivity contribution in [1.29, 1.82) is 0 Å². The van der Waals surface area contributed by atoms with Crippen LogP contribution in [0.5, 0.6) is 5.75 Å². The lowest BCUT2D eigenvalue weighted by molar-refractivity contribution is -0.118. The van der Waals surface area contributed by atoms with Crippen molar-refractivity contribution in [3.63, 3.8) is 0 Å². The highest BCUT2D eigenvalue weighted by atomic mass is 19.1. The van der Waals surface area contributed by atoms with Gasteiger partial charge in [-0.2, -0.15) is 4.80 Å². The number of amides is 1. The molecular weight excluding hydrogens is 407 g/mol. The second-order valence-corrected chi connectivity index (χ2v) is 7.47. The third-order valence-electron chi connectivity index (χ3n) is 5.15.